The molecule has 0 amide bonds. The summed E-state index contributed by atoms with van der Waals surface area (Å²) in [5.74, 6) is 0. The summed E-state index contributed by atoms with van der Waals surface area (Å²) in [4.78, 5) is 9.31. The van der Waals surface area contributed by atoms with Gasteiger partial charge in [-0.3, -0.25) is 9.97 Å². The van der Waals surface area contributed by atoms with Crippen LogP contribution in [0, 0.1) is 0 Å². The Morgan fingerprint density at radius 2 is 1.35 bits per heavy atom. The van der Waals surface area contributed by atoms with E-state index in [-0.39, 0.29) is 5.41 Å². The van der Waals surface area contributed by atoms with Crippen LogP contribution in [0.2, 0.25) is 0 Å². The molecule has 0 saturated carbocycles. The molecule has 2 aliphatic rings. The number of aromatic nitrogens is 2. The molecule has 2 heteroatoms. The number of hydrogen-bond acceptors (Lipinski definition) is 2. The highest BCUT2D eigenvalue weighted by atomic mass is 14.8. The monoisotopic (exact) mass is 222 g/mol. The number of hydrogen-bond donors (Lipinski definition) is 0. The normalized spacial score (nSPS) is 19.3. The Labute approximate surface area is 101 Å². The molecule has 0 unspecified atom stereocenters. The molecule has 17 heavy (non-hydrogen) atoms. The SMILES string of the molecule is c1cnc2c(c1)CCC21CCc2cccnc21. The zero-order chi connectivity index (χ0) is 11.3. The molecule has 0 N–H and O–H groups in total. The fourth-order valence-corrected chi connectivity index (χ4v) is 3.55. The van der Waals surface area contributed by atoms with E-state index in [9.17, 15) is 0 Å². The van der Waals surface area contributed by atoms with Gasteiger partial charge in [-0.1, -0.05) is 12.1 Å². The molecule has 2 heterocycles. The van der Waals surface area contributed by atoms with E-state index >= 15 is 0 Å². The molecule has 4 rings (SSSR count). The first-order valence-electron chi connectivity index (χ1n) is 6.29. The van der Waals surface area contributed by atoms with Gasteiger partial charge in [0.05, 0.1) is 16.8 Å². The summed E-state index contributed by atoms with van der Waals surface area (Å²) in [5, 5.41) is 0. The van der Waals surface area contributed by atoms with Gasteiger partial charge in [-0.05, 0) is 48.9 Å². The Morgan fingerprint density at radius 3 is 1.88 bits per heavy atom. The summed E-state index contributed by atoms with van der Waals surface area (Å²) in [6.45, 7) is 0. The van der Waals surface area contributed by atoms with Gasteiger partial charge in [0, 0.05) is 12.4 Å². The van der Waals surface area contributed by atoms with Crippen molar-refractivity contribution in [2.24, 2.45) is 0 Å². The van der Waals surface area contributed by atoms with Gasteiger partial charge >= 0.3 is 0 Å². The maximum absolute atomic E-state index is 4.65. The zero-order valence-electron chi connectivity index (χ0n) is 9.69. The topological polar surface area (TPSA) is 25.8 Å². The lowest BCUT2D eigenvalue weighted by Gasteiger charge is -2.23. The Kier molecular flexibility index (Phi) is 1.74. The molecular formula is C15H14N2. The van der Waals surface area contributed by atoms with Crippen LogP contribution < -0.4 is 0 Å². The highest BCUT2D eigenvalue weighted by Crippen LogP contribution is 2.50. The standard InChI is InChI=1S/C15H14N2/c1-3-11-5-7-15(13(11)16-9-1)8-6-12-4-2-10-17-14(12)15/h1-4,9-10H,5-8H2. The molecule has 2 nitrogen and oxygen atoms in total. The van der Waals surface area contributed by atoms with E-state index < -0.39 is 0 Å². The molecule has 0 atom stereocenters. The molecular weight excluding hydrogens is 208 g/mol. The molecule has 0 saturated heterocycles. The van der Waals surface area contributed by atoms with Gasteiger partial charge < -0.3 is 0 Å². The van der Waals surface area contributed by atoms with E-state index in [2.05, 4.69) is 22.1 Å². The maximum atomic E-state index is 4.65. The van der Waals surface area contributed by atoms with Crippen LogP contribution in [-0.4, -0.2) is 9.97 Å². The lowest BCUT2D eigenvalue weighted by atomic mass is 9.82. The van der Waals surface area contributed by atoms with Crippen LogP contribution in [0.1, 0.15) is 35.4 Å². The molecule has 0 aliphatic heterocycles. The summed E-state index contributed by atoms with van der Waals surface area (Å²) in [6.07, 6.45) is 8.52. The summed E-state index contributed by atoms with van der Waals surface area (Å²) in [7, 11) is 0. The highest BCUT2D eigenvalue weighted by Gasteiger charge is 2.46. The number of nitrogens with zero attached hydrogens (tertiary/aromatic N) is 2. The molecule has 0 aromatic carbocycles. The first-order valence-corrected chi connectivity index (χ1v) is 6.29. The van der Waals surface area contributed by atoms with Gasteiger partial charge in [0.1, 0.15) is 0 Å². The van der Waals surface area contributed by atoms with Crippen LogP contribution in [-0.2, 0) is 18.3 Å². The second-order valence-corrected chi connectivity index (χ2v) is 5.10. The van der Waals surface area contributed by atoms with Crippen molar-refractivity contribution < 1.29 is 0 Å². The van der Waals surface area contributed by atoms with Crippen molar-refractivity contribution in [1.82, 2.24) is 9.97 Å². The third-order valence-electron chi connectivity index (χ3n) is 4.33. The number of fused-ring (bicyclic) bond motifs is 4. The van der Waals surface area contributed by atoms with Crippen LogP contribution in [0.3, 0.4) is 0 Å². The maximum Gasteiger partial charge on any atom is 0.0559 e. The van der Waals surface area contributed by atoms with E-state index in [0.29, 0.717) is 0 Å². The summed E-state index contributed by atoms with van der Waals surface area (Å²) >= 11 is 0. The fourth-order valence-electron chi connectivity index (χ4n) is 3.55. The largest absolute Gasteiger partial charge is 0.260 e. The lowest BCUT2D eigenvalue weighted by Crippen LogP contribution is -2.23. The molecule has 2 aliphatic carbocycles. The predicted molar refractivity (Wildman–Crippen MR) is 65.9 cm³/mol. The predicted octanol–water partition coefficient (Wildman–Crippen LogP) is 2.66. The van der Waals surface area contributed by atoms with Crippen LogP contribution in [0.15, 0.2) is 36.7 Å². The van der Waals surface area contributed by atoms with Gasteiger partial charge in [0.2, 0.25) is 0 Å². The Balaban J connectivity index is 1.97. The number of aryl methyl sites for hydroxylation is 2. The van der Waals surface area contributed by atoms with Crippen LogP contribution in [0.5, 0.6) is 0 Å². The van der Waals surface area contributed by atoms with Gasteiger partial charge in [-0.15, -0.1) is 0 Å². The van der Waals surface area contributed by atoms with Crippen LogP contribution >= 0.6 is 0 Å². The van der Waals surface area contributed by atoms with Crippen LogP contribution in [0.25, 0.3) is 0 Å². The average molecular weight is 222 g/mol. The van der Waals surface area contributed by atoms with Gasteiger partial charge in [-0.2, -0.15) is 0 Å². The van der Waals surface area contributed by atoms with Gasteiger partial charge in [0.15, 0.2) is 0 Å². The van der Waals surface area contributed by atoms with Crippen molar-refractivity contribution in [3.63, 3.8) is 0 Å². The zero-order valence-corrected chi connectivity index (χ0v) is 9.69. The van der Waals surface area contributed by atoms with Gasteiger partial charge in [-0.25, -0.2) is 0 Å². The summed E-state index contributed by atoms with van der Waals surface area (Å²) in [5.41, 5.74) is 5.56. The Bertz CT molecular complexity index is 535. The van der Waals surface area contributed by atoms with Crippen molar-refractivity contribution in [1.29, 1.82) is 0 Å². The van der Waals surface area contributed by atoms with E-state index in [1.54, 1.807) is 0 Å². The van der Waals surface area contributed by atoms with Crippen molar-refractivity contribution in [2.75, 3.05) is 0 Å². The summed E-state index contributed by atoms with van der Waals surface area (Å²) < 4.78 is 0. The average Bonchev–Trinajstić information content (AvgIpc) is 2.95. The molecule has 2 aromatic rings. The minimum absolute atomic E-state index is 0.132. The second kappa shape index (κ2) is 3.16. The van der Waals surface area contributed by atoms with Crippen molar-refractivity contribution in [3.05, 3.63) is 59.2 Å². The molecule has 0 radical (unpaired) electrons. The van der Waals surface area contributed by atoms with Crippen LogP contribution in [0.4, 0.5) is 0 Å². The minimum atomic E-state index is 0.132. The van der Waals surface area contributed by atoms with Crippen molar-refractivity contribution >= 4 is 0 Å². The molecule has 0 fully saturated rings. The number of rotatable bonds is 0. The number of pyridine rings is 2. The smallest absolute Gasteiger partial charge is 0.0559 e. The van der Waals surface area contributed by atoms with Gasteiger partial charge in [0.25, 0.3) is 0 Å². The second-order valence-electron chi connectivity index (χ2n) is 5.10. The molecule has 84 valence electrons. The Morgan fingerprint density at radius 1 is 0.824 bits per heavy atom. The third kappa shape index (κ3) is 1.10. The fraction of sp³-hybridized carbons (Fsp3) is 0.333. The van der Waals surface area contributed by atoms with E-state index in [4.69, 9.17) is 0 Å². The first-order chi connectivity index (χ1) is 8.40. The third-order valence-corrected chi connectivity index (χ3v) is 4.33. The van der Waals surface area contributed by atoms with Crippen molar-refractivity contribution in [2.45, 2.75) is 31.1 Å². The Hall–Kier alpha value is -1.70. The molecule has 2 aromatic heterocycles. The van der Waals surface area contributed by atoms with E-state index in [1.165, 1.54) is 35.4 Å². The molecule has 0 bridgehead atoms. The van der Waals surface area contributed by atoms with E-state index in [0.717, 1.165) is 12.8 Å². The lowest BCUT2D eigenvalue weighted by molar-refractivity contribution is 0.484. The minimum Gasteiger partial charge on any atom is -0.260 e. The van der Waals surface area contributed by atoms with Crippen molar-refractivity contribution in [3.8, 4) is 0 Å². The highest BCUT2D eigenvalue weighted by molar-refractivity contribution is 5.47. The molecule has 1 spiro atoms. The first kappa shape index (κ1) is 9.34. The van der Waals surface area contributed by atoms with E-state index in [1.807, 2.05) is 24.5 Å². The quantitative estimate of drug-likeness (QED) is 0.685. The summed E-state index contributed by atoms with van der Waals surface area (Å²) in [6, 6.07) is 8.54.